The first-order valence-corrected chi connectivity index (χ1v) is 5.95. The first-order valence-electron chi connectivity index (χ1n) is 5.95. The number of hydrogen-bond acceptors (Lipinski definition) is 2. The summed E-state index contributed by atoms with van der Waals surface area (Å²) in [5, 5.41) is 19.6. The Balaban J connectivity index is 2.55. The van der Waals surface area contributed by atoms with Crippen LogP contribution in [0.1, 0.15) is 29.2 Å². The van der Waals surface area contributed by atoms with Gasteiger partial charge in [0.1, 0.15) is 11.4 Å². The second kappa shape index (κ2) is 4.83. The number of benzene rings is 2. The lowest BCUT2D eigenvalue weighted by Gasteiger charge is -2.26. The Kier molecular flexibility index (Phi) is 3.37. The molecule has 0 heterocycles. The van der Waals surface area contributed by atoms with Gasteiger partial charge in [0.2, 0.25) is 0 Å². The Morgan fingerprint density at radius 3 is 2.58 bits per heavy atom. The van der Waals surface area contributed by atoms with Gasteiger partial charge in [0, 0.05) is 0 Å². The average molecular weight is 255 g/mol. The molecule has 3 heteroatoms. The van der Waals surface area contributed by atoms with Crippen molar-refractivity contribution < 1.29 is 9.50 Å². The van der Waals surface area contributed by atoms with Gasteiger partial charge in [-0.2, -0.15) is 5.26 Å². The van der Waals surface area contributed by atoms with Crippen LogP contribution in [-0.2, 0) is 5.60 Å². The highest BCUT2D eigenvalue weighted by Gasteiger charge is 2.27. The van der Waals surface area contributed by atoms with Gasteiger partial charge in [0.15, 0.2) is 0 Å². The smallest absolute Gasteiger partial charge is 0.123 e. The molecule has 2 aromatic rings. The Bertz CT molecular complexity index is 656. The molecule has 0 aliphatic heterocycles. The SMILES string of the molecule is Cc1cc(F)ccc1C(C)(O)c1cccc(C#N)c1. The van der Waals surface area contributed by atoms with Gasteiger partial charge in [-0.3, -0.25) is 0 Å². The van der Waals surface area contributed by atoms with Crippen LogP contribution >= 0.6 is 0 Å². The van der Waals surface area contributed by atoms with Gasteiger partial charge in [0.05, 0.1) is 11.6 Å². The van der Waals surface area contributed by atoms with Gasteiger partial charge in [-0.15, -0.1) is 0 Å². The van der Waals surface area contributed by atoms with E-state index >= 15 is 0 Å². The van der Waals surface area contributed by atoms with Crippen molar-refractivity contribution in [3.05, 3.63) is 70.5 Å². The second-order valence-electron chi connectivity index (χ2n) is 4.72. The van der Waals surface area contributed by atoms with Crippen LogP contribution in [-0.4, -0.2) is 5.11 Å². The molecule has 96 valence electrons. The van der Waals surface area contributed by atoms with Crippen LogP contribution in [0.25, 0.3) is 0 Å². The number of halogens is 1. The number of nitriles is 1. The van der Waals surface area contributed by atoms with Gasteiger partial charge in [0.25, 0.3) is 0 Å². The molecule has 0 aliphatic carbocycles. The van der Waals surface area contributed by atoms with Crippen molar-refractivity contribution >= 4 is 0 Å². The third-order valence-electron chi connectivity index (χ3n) is 3.27. The molecule has 1 atom stereocenters. The van der Waals surface area contributed by atoms with Gasteiger partial charge in [-0.05, 0) is 54.8 Å². The summed E-state index contributed by atoms with van der Waals surface area (Å²) >= 11 is 0. The minimum atomic E-state index is -1.26. The van der Waals surface area contributed by atoms with Crippen LogP contribution in [0.5, 0.6) is 0 Å². The van der Waals surface area contributed by atoms with Crippen molar-refractivity contribution in [1.29, 1.82) is 5.26 Å². The van der Waals surface area contributed by atoms with Crippen molar-refractivity contribution in [3.63, 3.8) is 0 Å². The quantitative estimate of drug-likeness (QED) is 0.895. The van der Waals surface area contributed by atoms with Crippen LogP contribution in [0.2, 0.25) is 0 Å². The van der Waals surface area contributed by atoms with Gasteiger partial charge in [-0.1, -0.05) is 18.2 Å². The lowest BCUT2D eigenvalue weighted by molar-refractivity contribution is 0.101. The Morgan fingerprint density at radius 1 is 1.21 bits per heavy atom. The fourth-order valence-corrected chi connectivity index (χ4v) is 2.22. The van der Waals surface area contributed by atoms with Crippen molar-refractivity contribution in [1.82, 2.24) is 0 Å². The zero-order chi connectivity index (χ0) is 14.0. The molecule has 0 bridgehead atoms. The molecule has 0 spiro atoms. The molecule has 0 saturated heterocycles. The molecule has 0 radical (unpaired) electrons. The minimum Gasteiger partial charge on any atom is -0.381 e. The van der Waals surface area contributed by atoms with Crippen molar-refractivity contribution in [2.24, 2.45) is 0 Å². The first-order chi connectivity index (χ1) is 8.95. The minimum absolute atomic E-state index is 0.331. The lowest BCUT2D eigenvalue weighted by atomic mass is 9.85. The van der Waals surface area contributed by atoms with Crippen molar-refractivity contribution in [3.8, 4) is 6.07 Å². The van der Waals surface area contributed by atoms with Crippen LogP contribution in [0.4, 0.5) is 4.39 Å². The van der Waals surface area contributed by atoms with E-state index in [-0.39, 0.29) is 5.82 Å². The lowest BCUT2D eigenvalue weighted by Crippen LogP contribution is -2.24. The third-order valence-corrected chi connectivity index (χ3v) is 3.27. The highest BCUT2D eigenvalue weighted by molar-refractivity contribution is 5.43. The molecule has 0 aromatic heterocycles. The maximum atomic E-state index is 13.1. The molecule has 2 aromatic carbocycles. The Labute approximate surface area is 111 Å². The van der Waals surface area contributed by atoms with E-state index in [1.54, 1.807) is 44.2 Å². The predicted molar refractivity (Wildman–Crippen MR) is 71.0 cm³/mol. The van der Waals surface area contributed by atoms with E-state index < -0.39 is 5.60 Å². The molecule has 0 saturated carbocycles. The summed E-state index contributed by atoms with van der Waals surface area (Å²) in [5.74, 6) is -0.331. The summed E-state index contributed by atoms with van der Waals surface area (Å²) in [5.41, 5.74) is 1.14. The van der Waals surface area contributed by atoms with E-state index in [9.17, 15) is 9.50 Å². The molecular formula is C16H14FNO. The maximum absolute atomic E-state index is 13.1. The van der Waals surface area contributed by atoms with Crippen LogP contribution in [0, 0.1) is 24.1 Å². The van der Waals surface area contributed by atoms with Crippen molar-refractivity contribution in [2.45, 2.75) is 19.4 Å². The molecule has 2 nitrogen and oxygen atoms in total. The Morgan fingerprint density at radius 2 is 1.95 bits per heavy atom. The highest BCUT2D eigenvalue weighted by atomic mass is 19.1. The monoisotopic (exact) mass is 255 g/mol. The first kappa shape index (κ1) is 13.3. The highest BCUT2D eigenvalue weighted by Crippen LogP contribution is 2.31. The maximum Gasteiger partial charge on any atom is 0.123 e. The summed E-state index contributed by atoms with van der Waals surface area (Å²) in [6, 6.07) is 13.1. The van der Waals surface area contributed by atoms with E-state index in [4.69, 9.17) is 5.26 Å². The molecule has 0 amide bonds. The summed E-state index contributed by atoms with van der Waals surface area (Å²) in [4.78, 5) is 0. The molecule has 0 aliphatic rings. The van der Waals surface area contributed by atoms with E-state index in [1.165, 1.54) is 12.1 Å². The van der Waals surface area contributed by atoms with Crippen LogP contribution < -0.4 is 0 Å². The summed E-state index contributed by atoms with van der Waals surface area (Å²) in [7, 11) is 0. The average Bonchev–Trinajstić information content (AvgIpc) is 2.38. The third kappa shape index (κ3) is 2.49. The second-order valence-corrected chi connectivity index (χ2v) is 4.72. The molecule has 1 N–H and O–H groups in total. The Hall–Kier alpha value is -2.18. The van der Waals surface area contributed by atoms with E-state index in [0.717, 1.165) is 0 Å². The van der Waals surface area contributed by atoms with E-state index in [1.807, 2.05) is 6.07 Å². The fourth-order valence-electron chi connectivity index (χ4n) is 2.22. The standard InChI is InChI=1S/C16H14FNO/c1-11-8-14(17)6-7-15(11)16(2,19)13-5-3-4-12(9-13)10-18/h3-9,19H,1-2H3. The number of rotatable bonds is 2. The predicted octanol–water partition coefficient (Wildman–Crippen LogP) is 3.26. The normalized spacial score (nSPS) is 13.6. The summed E-state index contributed by atoms with van der Waals surface area (Å²) in [6.45, 7) is 3.39. The summed E-state index contributed by atoms with van der Waals surface area (Å²) < 4.78 is 13.1. The zero-order valence-electron chi connectivity index (χ0n) is 10.8. The van der Waals surface area contributed by atoms with Crippen molar-refractivity contribution in [2.75, 3.05) is 0 Å². The number of nitrogens with zero attached hydrogens (tertiary/aromatic N) is 1. The van der Waals surface area contributed by atoms with E-state index in [2.05, 4.69) is 0 Å². The molecule has 19 heavy (non-hydrogen) atoms. The largest absolute Gasteiger partial charge is 0.381 e. The topological polar surface area (TPSA) is 44.0 Å². The van der Waals surface area contributed by atoms with Gasteiger partial charge < -0.3 is 5.11 Å². The van der Waals surface area contributed by atoms with Gasteiger partial charge in [-0.25, -0.2) is 4.39 Å². The number of aryl methyl sites for hydroxylation is 1. The van der Waals surface area contributed by atoms with Crippen LogP contribution in [0.3, 0.4) is 0 Å². The molecule has 1 unspecified atom stereocenters. The number of hydrogen-bond donors (Lipinski definition) is 1. The summed E-state index contributed by atoms with van der Waals surface area (Å²) in [6.07, 6.45) is 0. The fraction of sp³-hybridized carbons (Fsp3) is 0.188. The van der Waals surface area contributed by atoms with Crippen LogP contribution in [0.15, 0.2) is 42.5 Å². The molecule has 2 rings (SSSR count). The molecular weight excluding hydrogens is 241 g/mol. The number of aliphatic hydroxyl groups is 1. The van der Waals surface area contributed by atoms with E-state index in [0.29, 0.717) is 22.3 Å². The molecule has 0 fully saturated rings. The van der Waals surface area contributed by atoms with Gasteiger partial charge >= 0.3 is 0 Å². The zero-order valence-corrected chi connectivity index (χ0v) is 10.8.